The molecule has 0 bridgehead atoms. The van der Waals surface area contributed by atoms with Gasteiger partial charge in [0, 0.05) is 11.3 Å². The molecule has 10 heteroatoms. The van der Waals surface area contributed by atoms with Crippen LogP contribution in [0.4, 0.5) is 5.82 Å². The lowest BCUT2D eigenvalue weighted by Gasteiger charge is -2.05. The highest BCUT2D eigenvalue weighted by Gasteiger charge is 2.26. The lowest BCUT2D eigenvalue weighted by atomic mass is 10.3. The highest BCUT2D eigenvalue weighted by atomic mass is 32.2. The van der Waals surface area contributed by atoms with Gasteiger partial charge in [-0.1, -0.05) is 0 Å². The second kappa shape index (κ2) is 4.39. The van der Waals surface area contributed by atoms with E-state index >= 15 is 0 Å². The van der Waals surface area contributed by atoms with Gasteiger partial charge >= 0.3 is 5.97 Å². The van der Waals surface area contributed by atoms with Crippen molar-refractivity contribution in [2.45, 2.75) is 18.9 Å². The van der Waals surface area contributed by atoms with Crippen LogP contribution in [0.15, 0.2) is 11.2 Å². The fraction of sp³-hybridized carbons (Fsp3) is 0.222. The number of aryl methyl sites for hydroxylation is 1. The molecule has 2 aromatic rings. The van der Waals surface area contributed by atoms with E-state index in [1.165, 1.54) is 0 Å². The van der Waals surface area contributed by atoms with Gasteiger partial charge in [-0.05, 0) is 13.8 Å². The molecule has 2 aromatic heterocycles. The van der Waals surface area contributed by atoms with Crippen LogP contribution in [0.2, 0.25) is 0 Å². The van der Waals surface area contributed by atoms with Crippen molar-refractivity contribution >= 4 is 21.8 Å². The highest BCUT2D eigenvalue weighted by molar-refractivity contribution is 7.92. The minimum Gasteiger partial charge on any atom is -0.478 e. The van der Waals surface area contributed by atoms with Crippen molar-refractivity contribution in [3.63, 3.8) is 0 Å². The molecule has 0 aliphatic carbocycles. The van der Waals surface area contributed by atoms with Gasteiger partial charge in [0.2, 0.25) is 0 Å². The fourth-order valence-corrected chi connectivity index (χ4v) is 2.55. The number of aromatic nitrogens is 4. The predicted molar refractivity (Wildman–Crippen MR) is 64.4 cm³/mol. The summed E-state index contributed by atoms with van der Waals surface area (Å²) in [6.45, 7) is 3.42. The normalized spacial score (nSPS) is 11.5. The molecule has 102 valence electrons. The first-order valence-electron chi connectivity index (χ1n) is 5.14. The Balaban J connectivity index is 2.41. The zero-order valence-electron chi connectivity index (χ0n) is 10.1. The van der Waals surface area contributed by atoms with Crippen LogP contribution in [0.25, 0.3) is 0 Å². The van der Waals surface area contributed by atoms with Crippen LogP contribution in [0.1, 0.15) is 21.6 Å². The number of nitrogens with zero attached hydrogens (tertiary/aromatic N) is 2. The second-order valence-corrected chi connectivity index (χ2v) is 5.46. The predicted octanol–water partition coefficient (Wildman–Crippen LogP) is 0.249. The lowest BCUT2D eigenvalue weighted by Crippen LogP contribution is -2.17. The van der Waals surface area contributed by atoms with Crippen LogP contribution in [-0.2, 0) is 10.0 Å². The molecule has 0 saturated carbocycles. The van der Waals surface area contributed by atoms with Gasteiger partial charge in [0.25, 0.3) is 10.0 Å². The van der Waals surface area contributed by atoms with Crippen molar-refractivity contribution < 1.29 is 18.3 Å². The SMILES string of the molecule is Cc1[nH]nc(NS(=O)(=O)c2[nH]ncc2C(=O)O)c1C. The van der Waals surface area contributed by atoms with Gasteiger partial charge in [0.1, 0.15) is 5.56 Å². The monoisotopic (exact) mass is 285 g/mol. The minimum atomic E-state index is -4.09. The smallest absolute Gasteiger partial charge is 0.340 e. The van der Waals surface area contributed by atoms with E-state index in [1.807, 2.05) is 0 Å². The van der Waals surface area contributed by atoms with Crippen molar-refractivity contribution in [3.8, 4) is 0 Å². The fourth-order valence-electron chi connectivity index (χ4n) is 1.39. The molecule has 0 radical (unpaired) electrons. The summed E-state index contributed by atoms with van der Waals surface area (Å²) in [5.74, 6) is -1.27. The Morgan fingerprint density at radius 1 is 1.37 bits per heavy atom. The number of sulfonamides is 1. The Hall–Kier alpha value is -2.36. The van der Waals surface area contributed by atoms with Crippen LogP contribution in [0.5, 0.6) is 0 Å². The first-order valence-corrected chi connectivity index (χ1v) is 6.62. The average Bonchev–Trinajstić information content (AvgIpc) is 2.91. The number of aromatic amines is 2. The maximum absolute atomic E-state index is 12.0. The summed E-state index contributed by atoms with van der Waals surface area (Å²) in [4.78, 5) is 10.9. The zero-order chi connectivity index (χ0) is 14.2. The Morgan fingerprint density at radius 2 is 2.05 bits per heavy atom. The van der Waals surface area contributed by atoms with E-state index in [0.717, 1.165) is 6.20 Å². The number of hydrogen-bond acceptors (Lipinski definition) is 5. The van der Waals surface area contributed by atoms with E-state index in [0.29, 0.717) is 11.3 Å². The summed E-state index contributed by atoms with van der Waals surface area (Å²) in [7, 11) is -4.09. The molecule has 0 saturated heterocycles. The maximum atomic E-state index is 12.0. The van der Waals surface area contributed by atoms with Gasteiger partial charge in [0.05, 0.1) is 6.20 Å². The van der Waals surface area contributed by atoms with Crippen LogP contribution in [-0.4, -0.2) is 39.9 Å². The van der Waals surface area contributed by atoms with E-state index in [2.05, 4.69) is 25.1 Å². The van der Waals surface area contributed by atoms with Crippen LogP contribution in [0, 0.1) is 13.8 Å². The second-order valence-electron chi connectivity index (χ2n) is 3.85. The van der Waals surface area contributed by atoms with Gasteiger partial charge in [-0.2, -0.15) is 18.6 Å². The largest absolute Gasteiger partial charge is 0.478 e. The molecule has 0 fully saturated rings. The van der Waals surface area contributed by atoms with Crippen molar-refractivity contribution in [1.82, 2.24) is 20.4 Å². The molecule has 2 rings (SSSR count). The summed E-state index contributed by atoms with van der Waals surface area (Å²) in [6, 6.07) is 0. The molecule has 0 atom stereocenters. The molecule has 9 nitrogen and oxygen atoms in total. The number of rotatable bonds is 4. The Kier molecular flexibility index (Phi) is 3.02. The first kappa shape index (κ1) is 13.1. The molecule has 4 N–H and O–H groups in total. The molecule has 0 unspecified atom stereocenters. The molecule has 2 heterocycles. The minimum absolute atomic E-state index is 0.114. The molecule has 0 aliphatic rings. The van der Waals surface area contributed by atoms with E-state index in [1.54, 1.807) is 13.8 Å². The maximum Gasteiger partial charge on any atom is 0.340 e. The third-order valence-electron chi connectivity index (χ3n) is 2.59. The zero-order valence-corrected chi connectivity index (χ0v) is 10.9. The number of aromatic carboxylic acids is 1. The van der Waals surface area contributed by atoms with Crippen molar-refractivity contribution in [1.29, 1.82) is 0 Å². The Labute approximate surface area is 108 Å². The lowest BCUT2D eigenvalue weighted by molar-refractivity contribution is 0.0692. The van der Waals surface area contributed by atoms with Gasteiger partial charge in [-0.15, -0.1) is 0 Å². The summed E-state index contributed by atoms with van der Waals surface area (Å²) in [5, 5.41) is 20.3. The van der Waals surface area contributed by atoms with E-state index < -0.39 is 26.6 Å². The standard InChI is InChI=1S/C9H11N5O4S/c1-4-5(2)11-12-7(4)14-19(17,18)8-6(9(15)16)3-10-13-8/h3H,1-2H3,(H,10,13)(H,15,16)(H2,11,12,14). The summed E-state index contributed by atoms with van der Waals surface area (Å²) in [6.07, 6.45) is 0.930. The molecular weight excluding hydrogens is 274 g/mol. The number of nitrogens with one attached hydrogen (secondary N) is 3. The Morgan fingerprint density at radius 3 is 2.58 bits per heavy atom. The summed E-state index contributed by atoms with van der Waals surface area (Å²) in [5.41, 5.74) is 0.901. The van der Waals surface area contributed by atoms with Gasteiger partial charge < -0.3 is 5.11 Å². The van der Waals surface area contributed by atoms with Crippen LogP contribution < -0.4 is 4.72 Å². The first-order chi connectivity index (χ1) is 8.83. The number of carbonyl (C=O) groups is 1. The average molecular weight is 285 g/mol. The highest BCUT2D eigenvalue weighted by Crippen LogP contribution is 2.19. The molecule has 19 heavy (non-hydrogen) atoms. The molecule has 0 spiro atoms. The van der Waals surface area contributed by atoms with Crippen molar-refractivity contribution in [2.75, 3.05) is 4.72 Å². The number of H-pyrrole nitrogens is 2. The molecule has 0 amide bonds. The Bertz CT molecular complexity index is 730. The topological polar surface area (TPSA) is 141 Å². The van der Waals surface area contributed by atoms with Gasteiger partial charge in [-0.25, -0.2) is 4.79 Å². The number of carboxylic acids is 1. The quantitative estimate of drug-likeness (QED) is 0.634. The molecular formula is C9H11N5O4S. The molecule has 0 aromatic carbocycles. The number of hydrogen-bond donors (Lipinski definition) is 4. The van der Waals surface area contributed by atoms with Crippen molar-refractivity contribution in [2.24, 2.45) is 0 Å². The summed E-state index contributed by atoms with van der Waals surface area (Å²) >= 11 is 0. The van der Waals surface area contributed by atoms with E-state index in [9.17, 15) is 13.2 Å². The van der Waals surface area contributed by atoms with Gasteiger partial charge in [0.15, 0.2) is 10.8 Å². The number of anilines is 1. The van der Waals surface area contributed by atoms with Crippen LogP contribution in [0.3, 0.4) is 0 Å². The third kappa shape index (κ3) is 2.29. The molecule has 0 aliphatic heterocycles. The van der Waals surface area contributed by atoms with Gasteiger partial charge in [-0.3, -0.25) is 14.9 Å². The van der Waals surface area contributed by atoms with E-state index in [4.69, 9.17) is 5.11 Å². The number of carboxylic acid groups (broad SMARTS) is 1. The van der Waals surface area contributed by atoms with Crippen molar-refractivity contribution in [3.05, 3.63) is 23.0 Å². The van der Waals surface area contributed by atoms with Crippen LogP contribution >= 0.6 is 0 Å². The van der Waals surface area contributed by atoms with E-state index in [-0.39, 0.29) is 5.82 Å². The summed E-state index contributed by atoms with van der Waals surface area (Å²) < 4.78 is 26.3. The third-order valence-corrected chi connectivity index (χ3v) is 3.90.